The van der Waals surface area contributed by atoms with Gasteiger partial charge in [-0.3, -0.25) is 0 Å². The molecule has 2 rings (SSSR count). The van der Waals surface area contributed by atoms with Gasteiger partial charge in [0.25, 0.3) is 0 Å². The van der Waals surface area contributed by atoms with Crippen LogP contribution in [0.25, 0.3) is 11.1 Å². The molecule has 0 atom stereocenters. The van der Waals surface area contributed by atoms with Gasteiger partial charge in [0.15, 0.2) is 0 Å². The zero-order chi connectivity index (χ0) is 8.23. The van der Waals surface area contributed by atoms with Crippen molar-refractivity contribution in [1.82, 2.24) is 6.15 Å². The average molecular weight is 195 g/mol. The summed E-state index contributed by atoms with van der Waals surface area (Å²) < 4.78 is 0. The van der Waals surface area contributed by atoms with Crippen molar-refractivity contribution < 1.29 is 0 Å². The van der Waals surface area contributed by atoms with Crippen LogP contribution in [-0.4, -0.2) is 29.6 Å². The van der Waals surface area contributed by atoms with Crippen LogP contribution in [0.2, 0.25) is 0 Å². The molecular weight excluding hydrogens is 181 g/mol. The Morgan fingerprint density at radius 3 is 1.07 bits per heavy atom. The Labute approximate surface area is 107 Å². The maximum Gasteiger partial charge on any atom is -0.0184 e. The quantitative estimate of drug-likeness (QED) is 0.698. The first-order chi connectivity index (χ1) is 5.97. The Morgan fingerprint density at radius 1 is 0.500 bits per heavy atom. The minimum absolute atomic E-state index is 0. The van der Waals surface area contributed by atoms with Gasteiger partial charge in [-0.15, -0.1) is 0 Å². The Hall–Kier alpha value is -0.600. The molecule has 0 radical (unpaired) electrons. The number of hydrogen-bond acceptors (Lipinski definition) is 1. The fraction of sp³-hybridized carbons (Fsp3) is 0. The van der Waals surface area contributed by atoms with Crippen molar-refractivity contribution >= 4 is 29.6 Å². The van der Waals surface area contributed by atoms with Gasteiger partial charge < -0.3 is 6.15 Å². The zero-order valence-electron chi connectivity index (χ0n) is 7.48. The molecule has 0 aliphatic carbocycles. The van der Waals surface area contributed by atoms with Crippen LogP contribution in [0.15, 0.2) is 60.7 Å². The molecule has 0 spiro atoms. The van der Waals surface area contributed by atoms with Crippen LogP contribution in [0, 0.1) is 0 Å². The van der Waals surface area contributed by atoms with Crippen molar-refractivity contribution in [3.63, 3.8) is 0 Å². The molecule has 0 amide bonds. The van der Waals surface area contributed by atoms with Crippen LogP contribution in [0.4, 0.5) is 0 Å². The number of benzene rings is 2. The van der Waals surface area contributed by atoms with Gasteiger partial charge in [-0.1, -0.05) is 60.7 Å². The van der Waals surface area contributed by atoms with Crippen molar-refractivity contribution in [3.8, 4) is 11.1 Å². The summed E-state index contributed by atoms with van der Waals surface area (Å²) in [4.78, 5) is 0. The second kappa shape index (κ2) is 6.80. The van der Waals surface area contributed by atoms with Crippen LogP contribution in [0.5, 0.6) is 0 Å². The molecule has 2 aromatic carbocycles. The SMILES string of the molecule is N.[NaH].c1ccc(-c2ccccc2)cc1. The van der Waals surface area contributed by atoms with Crippen LogP contribution in [0.1, 0.15) is 0 Å². The van der Waals surface area contributed by atoms with E-state index in [1.165, 1.54) is 11.1 Å². The van der Waals surface area contributed by atoms with Gasteiger partial charge in [0.05, 0.1) is 0 Å². The first-order valence-corrected chi connectivity index (χ1v) is 4.07. The van der Waals surface area contributed by atoms with Crippen LogP contribution < -0.4 is 6.15 Å². The molecule has 1 nitrogen and oxygen atoms in total. The maximum absolute atomic E-state index is 2.12. The molecule has 0 aliphatic heterocycles. The van der Waals surface area contributed by atoms with E-state index in [4.69, 9.17) is 0 Å². The van der Waals surface area contributed by atoms with Crippen LogP contribution >= 0.6 is 0 Å². The second-order valence-electron chi connectivity index (χ2n) is 2.73. The van der Waals surface area contributed by atoms with Crippen molar-refractivity contribution in [1.29, 1.82) is 0 Å². The average Bonchev–Trinajstić information content (AvgIpc) is 2.21. The topological polar surface area (TPSA) is 35.0 Å². The molecule has 2 aromatic rings. The largest absolute Gasteiger partial charge is 0.0622 e. The molecule has 3 N–H and O–H groups in total. The van der Waals surface area contributed by atoms with E-state index < -0.39 is 0 Å². The summed E-state index contributed by atoms with van der Waals surface area (Å²) >= 11 is 0. The summed E-state index contributed by atoms with van der Waals surface area (Å²) in [5.41, 5.74) is 2.55. The summed E-state index contributed by atoms with van der Waals surface area (Å²) in [6.45, 7) is 0. The van der Waals surface area contributed by atoms with E-state index in [1.807, 2.05) is 12.1 Å². The number of rotatable bonds is 1. The van der Waals surface area contributed by atoms with Crippen LogP contribution in [0.3, 0.4) is 0 Å². The van der Waals surface area contributed by atoms with E-state index in [9.17, 15) is 0 Å². The maximum atomic E-state index is 2.12. The molecule has 0 fully saturated rings. The van der Waals surface area contributed by atoms with Gasteiger partial charge in [-0.2, -0.15) is 0 Å². The summed E-state index contributed by atoms with van der Waals surface area (Å²) in [6, 6.07) is 20.8. The summed E-state index contributed by atoms with van der Waals surface area (Å²) in [6.07, 6.45) is 0. The Morgan fingerprint density at radius 2 is 0.786 bits per heavy atom. The van der Waals surface area contributed by atoms with Crippen LogP contribution in [-0.2, 0) is 0 Å². The van der Waals surface area contributed by atoms with Gasteiger partial charge >= 0.3 is 29.6 Å². The van der Waals surface area contributed by atoms with Gasteiger partial charge in [0, 0.05) is 0 Å². The molecule has 0 unspecified atom stereocenters. The molecule has 0 aromatic heterocycles. The first-order valence-electron chi connectivity index (χ1n) is 4.07. The van der Waals surface area contributed by atoms with Gasteiger partial charge in [-0.05, 0) is 11.1 Å². The van der Waals surface area contributed by atoms with Gasteiger partial charge in [0.1, 0.15) is 0 Å². The van der Waals surface area contributed by atoms with E-state index in [0.29, 0.717) is 0 Å². The monoisotopic (exact) mass is 195 g/mol. The zero-order valence-corrected chi connectivity index (χ0v) is 7.48. The van der Waals surface area contributed by atoms with Gasteiger partial charge in [-0.25, -0.2) is 0 Å². The molecule has 2 heteroatoms. The molecule has 68 valence electrons. The summed E-state index contributed by atoms with van der Waals surface area (Å²) in [7, 11) is 0. The molecule has 0 bridgehead atoms. The molecule has 14 heavy (non-hydrogen) atoms. The van der Waals surface area contributed by atoms with Gasteiger partial charge in [0.2, 0.25) is 0 Å². The minimum atomic E-state index is 0. The fourth-order valence-corrected chi connectivity index (χ4v) is 1.26. The van der Waals surface area contributed by atoms with Crippen molar-refractivity contribution in [2.75, 3.05) is 0 Å². The minimum Gasteiger partial charge on any atom is -0.0622 e. The third-order valence-corrected chi connectivity index (χ3v) is 1.88. The summed E-state index contributed by atoms with van der Waals surface area (Å²) in [5, 5.41) is 0. The molecule has 0 saturated carbocycles. The third-order valence-electron chi connectivity index (χ3n) is 1.88. The van der Waals surface area contributed by atoms with E-state index in [2.05, 4.69) is 48.5 Å². The molecule has 0 saturated heterocycles. The second-order valence-corrected chi connectivity index (χ2v) is 2.73. The normalized spacial score (nSPS) is 8.29. The standard InChI is InChI=1S/C12H10.H3N.Na.H/c1-3-7-11(8-4-1)12-9-5-2-6-10-12;;;/h1-10H;1H3;;. The van der Waals surface area contributed by atoms with E-state index >= 15 is 0 Å². The molecular formula is C12H14NNa. The Balaban J connectivity index is 0.000000845. The Bertz CT molecular complexity index is 308. The Kier molecular flexibility index (Phi) is 6.50. The van der Waals surface area contributed by atoms with Crippen molar-refractivity contribution in [3.05, 3.63) is 60.7 Å². The van der Waals surface area contributed by atoms with Crippen molar-refractivity contribution in [2.24, 2.45) is 0 Å². The fourth-order valence-electron chi connectivity index (χ4n) is 1.26. The first kappa shape index (κ1) is 13.4. The summed E-state index contributed by atoms with van der Waals surface area (Å²) in [5.74, 6) is 0. The molecule has 0 heterocycles. The van der Waals surface area contributed by atoms with E-state index in [1.54, 1.807) is 0 Å². The number of hydrogen-bond donors (Lipinski definition) is 1. The van der Waals surface area contributed by atoms with E-state index in [0.717, 1.165) is 0 Å². The molecule has 0 aliphatic rings. The smallest absolute Gasteiger partial charge is 0.0184 e. The predicted molar refractivity (Wildman–Crippen MR) is 64.0 cm³/mol. The third kappa shape index (κ3) is 3.28. The predicted octanol–water partition coefficient (Wildman–Crippen LogP) is 2.87. The van der Waals surface area contributed by atoms with E-state index in [-0.39, 0.29) is 35.7 Å². The van der Waals surface area contributed by atoms with Crippen molar-refractivity contribution in [2.45, 2.75) is 0 Å².